The van der Waals surface area contributed by atoms with Crippen molar-refractivity contribution in [1.29, 1.82) is 0 Å². The Morgan fingerprint density at radius 1 is 1.09 bits per heavy atom. The highest BCUT2D eigenvalue weighted by Gasteiger charge is 2.36. The Morgan fingerprint density at radius 2 is 1.85 bits per heavy atom. The molecule has 248 valence electrons. The standard InChI is InChI=1S/C33H42F2N6O5/c1-20(2)45-32(43)40-13-10-23(11-14-40)44-19-28-38-30(46-39-28)21-6-9-29(36-17-21)41-15-12-24(25-16-22(34)7-8-26(25)35)27(18-41)37-31(42)33(3,4)5/h6-9,16-17,20,23-24,27H,10-15,18-19H2,1-5H3,(H,37,42)/t24-,27+/m1/s1. The van der Waals surface area contributed by atoms with Gasteiger partial charge in [0.25, 0.3) is 5.89 Å². The summed E-state index contributed by atoms with van der Waals surface area (Å²) in [6.45, 7) is 11.3. The lowest BCUT2D eigenvalue weighted by atomic mass is 9.83. The minimum Gasteiger partial charge on any atom is -0.447 e. The number of amides is 2. The molecule has 2 aromatic heterocycles. The smallest absolute Gasteiger partial charge is 0.410 e. The number of carbonyl (C=O) groups excluding carboxylic acids is 2. The van der Waals surface area contributed by atoms with Crippen molar-refractivity contribution in [2.24, 2.45) is 5.41 Å². The zero-order valence-electron chi connectivity index (χ0n) is 27.0. The Morgan fingerprint density at radius 3 is 2.52 bits per heavy atom. The lowest BCUT2D eigenvalue weighted by molar-refractivity contribution is -0.129. The third kappa shape index (κ3) is 8.17. The van der Waals surface area contributed by atoms with Crippen molar-refractivity contribution in [3.05, 3.63) is 59.6 Å². The quantitative estimate of drug-likeness (QED) is 0.342. The summed E-state index contributed by atoms with van der Waals surface area (Å²) >= 11 is 0. The van der Waals surface area contributed by atoms with Crippen LogP contribution in [0.4, 0.5) is 19.4 Å². The fraction of sp³-hybridized carbons (Fsp3) is 0.545. The molecule has 0 bridgehead atoms. The van der Waals surface area contributed by atoms with Gasteiger partial charge in [0.05, 0.1) is 23.8 Å². The Bertz CT molecular complexity index is 1500. The number of rotatable bonds is 8. The molecule has 0 unspecified atom stereocenters. The van der Waals surface area contributed by atoms with Crippen molar-refractivity contribution in [3.63, 3.8) is 0 Å². The first kappa shape index (κ1) is 33.2. The van der Waals surface area contributed by atoms with E-state index in [1.807, 2.05) is 51.7 Å². The molecular weight excluding hydrogens is 598 g/mol. The van der Waals surface area contributed by atoms with Gasteiger partial charge in [0.15, 0.2) is 5.82 Å². The predicted octanol–water partition coefficient (Wildman–Crippen LogP) is 5.46. The summed E-state index contributed by atoms with van der Waals surface area (Å²) < 4.78 is 45.6. The van der Waals surface area contributed by atoms with E-state index in [2.05, 4.69) is 20.4 Å². The van der Waals surface area contributed by atoms with Crippen LogP contribution in [-0.4, -0.2) is 76.5 Å². The van der Waals surface area contributed by atoms with Gasteiger partial charge in [-0.1, -0.05) is 25.9 Å². The lowest BCUT2D eigenvalue weighted by Crippen LogP contribution is -2.54. The van der Waals surface area contributed by atoms with Crippen molar-refractivity contribution < 1.29 is 32.4 Å². The van der Waals surface area contributed by atoms with Gasteiger partial charge in [-0.25, -0.2) is 18.6 Å². The Balaban J connectivity index is 1.19. The molecule has 3 aromatic rings. The van der Waals surface area contributed by atoms with Crippen molar-refractivity contribution >= 4 is 17.8 Å². The highest BCUT2D eigenvalue weighted by molar-refractivity contribution is 5.81. The third-order valence-electron chi connectivity index (χ3n) is 8.24. The monoisotopic (exact) mass is 640 g/mol. The Kier molecular flexibility index (Phi) is 10.2. The molecular formula is C33H42F2N6O5. The van der Waals surface area contributed by atoms with Crippen LogP contribution >= 0.6 is 0 Å². The summed E-state index contributed by atoms with van der Waals surface area (Å²) in [5.74, 6) is -0.189. The van der Waals surface area contributed by atoms with E-state index in [0.29, 0.717) is 68.5 Å². The molecule has 0 spiro atoms. The molecule has 2 fully saturated rings. The second kappa shape index (κ2) is 14.1. The van der Waals surface area contributed by atoms with E-state index in [0.717, 1.165) is 12.1 Å². The number of pyridine rings is 1. The molecule has 13 heteroatoms. The molecule has 2 aliphatic rings. The summed E-state index contributed by atoms with van der Waals surface area (Å²) in [5.41, 5.74) is 0.242. The molecule has 2 atom stereocenters. The van der Waals surface area contributed by atoms with Gasteiger partial charge in [-0.05, 0) is 69.0 Å². The van der Waals surface area contributed by atoms with Crippen molar-refractivity contribution in [1.82, 2.24) is 25.3 Å². The number of carbonyl (C=O) groups is 2. The van der Waals surface area contributed by atoms with Crippen LogP contribution in [0.5, 0.6) is 0 Å². The van der Waals surface area contributed by atoms with Crippen LogP contribution in [0.3, 0.4) is 0 Å². The fourth-order valence-corrected chi connectivity index (χ4v) is 5.67. The second-order valence-electron chi connectivity index (χ2n) is 13.2. The van der Waals surface area contributed by atoms with E-state index in [-0.39, 0.29) is 36.4 Å². The Hall–Kier alpha value is -4.13. The molecule has 0 aliphatic carbocycles. The van der Waals surface area contributed by atoms with Gasteiger partial charge in [0.1, 0.15) is 24.1 Å². The topological polar surface area (TPSA) is 123 Å². The number of anilines is 1. The van der Waals surface area contributed by atoms with Crippen LogP contribution < -0.4 is 10.2 Å². The minimum atomic E-state index is -0.651. The number of hydrogen-bond acceptors (Lipinski definition) is 9. The molecule has 0 saturated carbocycles. The van der Waals surface area contributed by atoms with E-state index < -0.39 is 29.0 Å². The first-order valence-electron chi connectivity index (χ1n) is 15.7. The zero-order chi connectivity index (χ0) is 33.0. The number of ether oxygens (including phenoxy) is 2. The fourth-order valence-electron chi connectivity index (χ4n) is 5.67. The molecule has 11 nitrogen and oxygen atoms in total. The van der Waals surface area contributed by atoms with Gasteiger partial charge in [-0.2, -0.15) is 4.98 Å². The average Bonchev–Trinajstić information content (AvgIpc) is 3.50. The molecule has 2 aliphatic heterocycles. The number of piperidine rings is 2. The number of halogens is 2. The lowest BCUT2D eigenvalue weighted by Gasteiger charge is -2.40. The first-order chi connectivity index (χ1) is 21.9. The molecule has 46 heavy (non-hydrogen) atoms. The summed E-state index contributed by atoms with van der Waals surface area (Å²) in [6.07, 6.45) is 3.04. The molecule has 1 N–H and O–H groups in total. The summed E-state index contributed by atoms with van der Waals surface area (Å²) in [5, 5.41) is 7.12. The van der Waals surface area contributed by atoms with E-state index in [9.17, 15) is 18.4 Å². The van der Waals surface area contributed by atoms with Crippen molar-refractivity contribution in [2.45, 2.75) is 84.7 Å². The largest absolute Gasteiger partial charge is 0.447 e. The summed E-state index contributed by atoms with van der Waals surface area (Å²) in [4.78, 5) is 37.8. The second-order valence-corrected chi connectivity index (χ2v) is 13.2. The molecule has 2 saturated heterocycles. The van der Waals surface area contributed by atoms with Gasteiger partial charge >= 0.3 is 6.09 Å². The van der Waals surface area contributed by atoms with Gasteiger partial charge < -0.3 is 29.1 Å². The molecule has 0 radical (unpaired) electrons. The first-order valence-corrected chi connectivity index (χ1v) is 15.7. The average molecular weight is 641 g/mol. The minimum absolute atomic E-state index is 0.0236. The van der Waals surface area contributed by atoms with Crippen molar-refractivity contribution in [2.75, 3.05) is 31.1 Å². The zero-order valence-corrected chi connectivity index (χ0v) is 27.0. The van der Waals surface area contributed by atoms with E-state index in [1.165, 1.54) is 6.07 Å². The van der Waals surface area contributed by atoms with Crippen LogP contribution in [0.25, 0.3) is 11.5 Å². The van der Waals surface area contributed by atoms with Crippen LogP contribution in [-0.2, 0) is 20.9 Å². The molecule has 2 amide bonds. The maximum absolute atomic E-state index is 14.8. The van der Waals surface area contributed by atoms with Gasteiger partial charge in [0.2, 0.25) is 5.91 Å². The van der Waals surface area contributed by atoms with Gasteiger partial charge in [0, 0.05) is 43.7 Å². The van der Waals surface area contributed by atoms with Crippen molar-refractivity contribution in [3.8, 4) is 11.5 Å². The predicted molar refractivity (Wildman–Crippen MR) is 166 cm³/mol. The maximum Gasteiger partial charge on any atom is 0.410 e. The van der Waals surface area contributed by atoms with Crippen LogP contribution in [0.1, 0.15) is 71.2 Å². The number of nitrogens with zero attached hydrogens (tertiary/aromatic N) is 5. The maximum atomic E-state index is 14.8. The van der Waals surface area contributed by atoms with Crippen LogP contribution in [0, 0.1) is 17.0 Å². The van der Waals surface area contributed by atoms with Gasteiger partial charge in [-0.3, -0.25) is 4.79 Å². The Labute approximate surface area is 267 Å². The highest BCUT2D eigenvalue weighted by Crippen LogP contribution is 2.33. The van der Waals surface area contributed by atoms with E-state index in [1.54, 1.807) is 11.1 Å². The number of aromatic nitrogens is 3. The molecule has 5 rings (SSSR count). The summed E-state index contributed by atoms with van der Waals surface area (Å²) in [6, 6.07) is 6.65. The highest BCUT2D eigenvalue weighted by atomic mass is 19.1. The summed E-state index contributed by atoms with van der Waals surface area (Å²) in [7, 11) is 0. The SMILES string of the molecule is CC(C)OC(=O)N1CCC(OCc2noc(-c3ccc(N4CC[C@H](c5cc(F)ccc5F)[C@@H](NC(=O)C(C)(C)C)C4)nc3)n2)CC1. The molecule has 4 heterocycles. The van der Waals surface area contributed by atoms with Crippen LogP contribution in [0.15, 0.2) is 41.1 Å². The number of benzene rings is 1. The molecule has 1 aromatic carbocycles. The van der Waals surface area contributed by atoms with Gasteiger partial charge in [-0.15, -0.1) is 0 Å². The third-order valence-corrected chi connectivity index (χ3v) is 8.24. The normalized spacial score (nSPS) is 19.4. The van der Waals surface area contributed by atoms with E-state index >= 15 is 0 Å². The van der Waals surface area contributed by atoms with E-state index in [4.69, 9.17) is 14.0 Å². The number of nitrogens with one attached hydrogen (secondary N) is 1. The number of likely N-dealkylation sites (tertiary alicyclic amines) is 1. The van der Waals surface area contributed by atoms with Crippen LogP contribution in [0.2, 0.25) is 0 Å². The number of hydrogen-bond donors (Lipinski definition) is 1.